The number of carbonyl (C=O) groups excluding carboxylic acids is 1. The Balaban J connectivity index is 1.62. The Morgan fingerprint density at radius 3 is 2.53 bits per heavy atom. The second-order valence-electron chi connectivity index (χ2n) is 6.09. The van der Waals surface area contributed by atoms with Crippen LogP contribution < -0.4 is 20.5 Å². The zero-order valence-corrected chi connectivity index (χ0v) is 17.8. The van der Waals surface area contributed by atoms with Crippen molar-refractivity contribution in [1.82, 2.24) is 15.0 Å². The number of anilines is 1. The minimum absolute atomic E-state index is 0.0399. The number of nitrogens with one attached hydrogen (secondary N) is 2. The first-order chi connectivity index (χ1) is 14.5. The van der Waals surface area contributed by atoms with Crippen LogP contribution in [0.4, 0.5) is 5.69 Å². The fraction of sp³-hybridized carbons (Fsp3) is 0.200. The van der Waals surface area contributed by atoms with Gasteiger partial charge in [0.05, 0.1) is 20.0 Å². The number of H-pyrrole nitrogens is 1. The highest BCUT2D eigenvalue weighted by Crippen LogP contribution is 2.29. The first-order valence-electron chi connectivity index (χ1n) is 8.83. The number of methoxy groups -OCH3 is 2. The second kappa shape index (κ2) is 10.1. The number of rotatable bonds is 8. The molecule has 30 heavy (non-hydrogen) atoms. The van der Waals surface area contributed by atoms with Crippen molar-refractivity contribution < 1.29 is 14.3 Å². The molecule has 0 aliphatic heterocycles. The van der Waals surface area contributed by atoms with Gasteiger partial charge in [0.2, 0.25) is 5.91 Å². The SMILES string of the molecule is COc1ccc(NC(=O)CSc2nc(Cc3ccc(Cl)cc3)[nH]c(=O)n2)cc1OC. The monoisotopic (exact) mass is 446 g/mol. The number of aromatic amines is 1. The number of hydrogen-bond acceptors (Lipinski definition) is 7. The molecule has 0 radical (unpaired) electrons. The summed E-state index contributed by atoms with van der Waals surface area (Å²) in [6, 6.07) is 12.3. The van der Waals surface area contributed by atoms with Gasteiger partial charge in [0.1, 0.15) is 5.82 Å². The van der Waals surface area contributed by atoms with Crippen molar-refractivity contribution in [2.45, 2.75) is 11.6 Å². The predicted molar refractivity (Wildman–Crippen MR) is 116 cm³/mol. The number of hydrogen-bond donors (Lipinski definition) is 2. The summed E-state index contributed by atoms with van der Waals surface area (Å²) >= 11 is 6.96. The molecule has 0 saturated carbocycles. The molecule has 0 bridgehead atoms. The smallest absolute Gasteiger partial charge is 0.348 e. The zero-order valence-electron chi connectivity index (χ0n) is 16.3. The van der Waals surface area contributed by atoms with E-state index in [1.807, 2.05) is 12.1 Å². The molecule has 2 aromatic carbocycles. The van der Waals surface area contributed by atoms with Crippen LogP contribution in [0.1, 0.15) is 11.4 Å². The van der Waals surface area contributed by atoms with E-state index < -0.39 is 5.69 Å². The van der Waals surface area contributed by atoms with Gasteiger partial charge in [0, 0.05) is 23.2 Å². The third-order valence-electron chi connectivity index (χ3n) is 3.96. The van der Waals surface area contributed by atoms with Gasteiger partial charge in [0.15, 0.2) is 16.7 Å². The van der Waals surface area contributed by atoms with Gasteiger partial charge in [-0.1, -0.05) is 35.5 Å². The minimum atomic E-state index is -0.517. The van der Waals surface area contributed by atoms with Crippen LogP contribution in [0.5, 0.6) is 11.5 Å². The quantitative estimate of drug-likeness (QED) is 0.512. The number of nitrogens with zero attached hydrogens (tertiary/aromatic N) is 2. The standard InChI is InChI=1S/C20H19ClN4O4S/c1-28-15-8-7-14(10-16(15)29-2)22-18(26)11-30-20-24-17(23-19(27)25-20)9-12-3-5-13(21)6-4-12/h3-8,10H,9,11H2,1-2H3,(H,22,26)(H,23,24,25,27). The van der Waals surface area contributed by atoms with Gasteiger partial charge in [-0.05, 0) is 29.8 Å². The molecule has 1 aromatic heterocycles. The summed E-state index contributed by atoms with van der Waals surface area (Å²) in [5.74, 6) is 1.30. The molecule has 0 atom stereocenters. The lowest BCUT2D eigenvalue weighted by Crippen LogP contribution is -2.18. The number of amides is 1. The van der Waals surface area contributed by atoms with Crippen LogP contribution in [0.25, 0.3) is 0 Å². The first-order valence-corrected chi connectivity index (χ1v) is 10.2. The van der Waals surface area contributed by atoms with Crippen molar-refractivity contribution in [3.63, 3.8) is 0 Å². The van der Waals surface area contributed by atoms with Gasteiger partial charge in [-0.25, -0.2) is 9.78 Å². The molecule has 10 heteroatoms. The maximum atomic E-state index is 12.3. The molecule has 0 spiro atoms. The van der Waals surface area contributed by atoms with Crippen molar-refractivity contribution >= 4 is 35.0 Å². The van der Waals surface area contributed by atoms with E-state index in [2.05, 4.69) is 20.3 Å². The highest BCUT2D eigenvalue weighted by molar-refractivity contribution is 7.99. The van der Waals surface area contributed by atoms with E-state index in [4.69, 9.17) is 21.1 Å². The van der Waals surface area contributed by atoms with Gasteiger partial charge < -0.3 is 14.8 Å². The highest BCUT2D eigenvalue weighted by Gasteiger charge is 2.10. The van der Waals surface area contributed by atoms with E-state index in [1.165, 1.54) is 14.2 Å². The Kier molecular flexibility index (Phi) is 7.31. The molecule has 3 rings (SSSR count). The number of benzene rings is 2. The molecule has 1 amide bonds. The molecule has 0 fully saturated rings. The predicted octanol–water partition coefficient (Wildman–Crippen LogP) is 3.16. The van der Waals surface area contributed by atoms with Gasteiger partial charge in [0.25, 0.3) is 0 Å². The molecule has 1 heterocycles. The molecular formula is C20H19ClN4O4S. The average molecular weight is 447 g/mol. The van der Waals surface area contributed by atoms with Crippen molar-refractivity contribution in [3.8, 4) is 11.5 Å². The number of thioether (sulfide) groups is 1. The number of aromatic nitrogens is 3. The molecule has 0 unspecified atom stereocenters. The normalized spacial score (nSPS) is 10.5. The zero-order chi connectivity index (χ0) is 21.5. The number of halogens is 1. The molecule has 8 nitrogen and oxygen atoms in total. The van der Waals surface area contributed by atoms with E-state index in [0.29, 0.717) is 34.5 Å². The highest BCUT2D eigenvalue weighted by atomic mass is 35.5. The number of ether oxygens (including phenoxy) is 2. The van der Waals surface area contributed by atoms with E-state index in [9.17, 15) is 9.59 Å². The van der Waals surface area contributed by atoms with Crippen molar-refractivity contribution in [2.75, 3.05) is 25.3 Å². The van der Waals surface area contributed by atoms with E-state index in [0.717, 1.165) is 17.3 Å². The Labute approximate surface area is 182 Å². The minimum Gasteiger partial charge on any atom is -0.493 e. The molecule has 3 aromatic rings. The van der Waals surface area contributed by atoms with Gasteiger partial charge >= 0.3 is 5.69 Å². The first kappa shape index (κ1) is 21.7. The lowest BCUT2D eigenvalue weighted by molar-refractivity contribution is -0.113. The van der Waals surface area contributed by atoms with Gasteiger partial charge in [-0.3, -0.25) is 9.78 Å². The summed E-state index contributed by atoms with van der Waals surface area (Å²) in [6.45, 7) is 0. The van der Waals surface area contributed by atoms with Crippen molar-refractivity contribution in [1.29, 1.82) is 0 Å². The van der Waals surface area contributed by atoms with Crippen LogP contribution in [0, 0.1) is 0 Å². The third kappa shape index (κ3) is 5.98. The lowest BCUT2D eigenvalue weighted by atomic mass is 10.1. The van der Waals surface area contributed by atoms with Crippen LogP contribution >= 0.6 is 23.4 Å². The summed E-state index contributed by atoms with van der Waals surface area (Å²) in [5, 5.41) is 3.62. The Morgan fingerprint density at radius 1 is 1.10 bits per heavy atom. The van der Waals surface area contributed by atoms with E-state index >= 15 is 0 Å². The van der Waals surface area contributed by atoms with Gasteiger partial charge in [-0.15, -0.1) is 0 Å². The van der Waals surface area contributed by atoms with Crippen LogP contribution in [-0.2, 0) is 11.2 Å². The van der Waals surface area contributed by atoms with Crippen LogP contribution in [0.2, 0.25) is 5.02 Å². The molecular weight excluding hydrogens is 428 g/mol. The lowest BCUT2D eigenvalue weighted by Gasteiger charge is -2.10. The Morgan fingerprint density at radius 2 is 1.83 bits per heavy atom. The fourth-order valence-electron chi connectivity index (χ4n) is 2.59. The molecule has 0 aliphatic rings. The maximum absolute atomic E-state index is 12.3. The topological polar surface area (TPSA) is 106 Å². The Bertz CT molecular complexity index is 1090. The van der Waals surface area contributed by atoms with Gasteiger partial charge in [-0.2, -0.15) is 4.98 Å². The summed E-state index contributed by atoms with van der Waals surface area (Å²) in [6.07, 6.45) is 0.417. The van der Waals surface area contributed by atoms with Crippen LogP contribution in [-0.4, -0.2) is 40.8 Å². The molecule has 2 N–H and O–H groups in total. The second-order valence-corrected chi connectivity index (χ2v) is 7.47. The maximum Gasteiger partial charge on any atom is 0.348 e. The number of carbonyl (C=O) groups is 1. The van der Waals surface area contributed by atoms with Crippen molar-refractivity contribution in [3.05, 3.63) is 69.4 Å². The third-order valence-corrected chi connectivity index (χ3v) is 5.06. The largest absolute Gasteiger partial charge is 0.493 e. The van der Waals surface area contributed by atoms with Crippen LogP contribution in [0.15, 0.2) is 52.4 Å². The molecule has 0 saturated heterocycles. The Hall–Kier alpha value is -3.04. The van der Waals surface area contributed by atoms with E-state index in [-0.39, 0.29) is 16.8 Å². The van der Waals surface area contributed by atoms with Crippen LogP contribution in [0.3, 0.4) is 0 Å². The van der Waals surface area contributed by atoms with E-state index in [1.54, 1.807) is 30.3 Å². The summed E-state index contributed by atoms with van der Waals surface area (Å²) in [7, 11) is 3.06. The summed E-state index contributed by atoms with van der Waals surface area (Å²) in [4.78, 5) is 34.9. The molecule has 156 valence electrons. The average Bonchev–Trinajstić information content (AvgIpc) is 2.73. The molecule has 0 aliphatic carbocycles. The summed E-state index contributed by atoms with van der Waals surface area (Å²) in [5.41, 5.74) is 0.987. The summed E-state index contributed by atoms with van der Waals surface area (Å²) < 4.78 is 10.4. The van der Waals surface area contributed by atoms with Crippen molar-refractivity contribution in [2.24, 2.45) is 0 Å². The fourth-order valence-corrected chi connectivity index (χ4v) is 3.37.